The quantitative estimate of drug-likeness (QED) is 0.866. The largest absolute Gasteiger partial charge is 0.494 e. The Morgan fingerprint density at radius 2 is 2.05 bits per heavy atom. The topological polar surface area (TPSA) is 39.1 Å². The van der Waals surface area contributed by atoms with E-state index in [-0.39, 0.29) is 6.04 Å². The zero-order chi connectivity index (χ0) is 13.7. The molecule has 1 N–H and O–H groups in total. The number of nitrogens with zero attached hydrogens (tertiary/aromatic N) is 2. The van der Waals surface area contributed by atoms with Gasteiger partial charge in [0.2, 0.25) is 0 Å². The van der Waals surface area contributed by atoms with Crippen molar-refractivity contribution in [2.45, 2.75) is 26.4 Å². The Kier molecular flexibility index (Phi) is 4.58. The molecule has 19 heavy (non-hydrogen) atoms. The number of hydrogen-bond acceptors (Lipinski definition) is 3. The van der Waals surface area contributed by atoms with Gasteiger partial charge in [0.05, 0.1) is 25.4 Å². The first-order valence-electron chi connectivity index (χ1n) is 6.62. The second kappa shape index (κ2) is 6.38. The highest BCUT2D eigenvalue weighted by Crippen LogP contribution is 2.19. The molecule has 4 heteroatoms. The summed E-state index contributed by atoms with van der Waals surface area (Å²) in [6, 6.07) is 8.47. The van der Waals surface area contributed by atoms with E-state index < -0.39 is 0 Å². The Morgan fingerprint density at radius 3 is 2.58 bits per heavy atom. The maximum Gasteiger partial charge on any atom is 0.119 e. The minimum absolute atomic E-state index is 0.245. The molecule has 0 aliphatic heterocycles. The maximum atomic E-state index is 5.46. The standard InChI is InChI=1S/C15H21N3O/c1-4-19-14-7-5-13(6-8-14)15(16-3)11-18-10-12(2)9-17-18/h5-10,15-16H,4,11H2,1-3H3. The molecule has 1 heterocycles. The number of hydrogen-bond donors (Lipinski definition) is 1. The Labute approximate surface area is 114 Å². The molecule has 0 aliphatic carbocycles. The molecule has 4 nitrogen and oxygen atoms in total. The zero-order valence-corrected chi connectivity index (χ0v) is 11.8. The summed E-state index contributed by atoms with van der Waals surface area (Å²) in [7, 11) is 1.97. The van der Waals surface area contributed by atoms with Crippen LogP contribution in [0.2, 0.25) is 0 Å². The highest BCUT2D eigenvalue weighted by Gasteiger charge is 2.10. The van der Waals surface area contributed by atoms with Gasteiger partial charge < -0.3 is 10.1 Å². The molecule has 2 rings (SSSR count). The SMILES string of the molecule is CCOc1ccc(C(Cn2cc(C)cn2)NC)cc1. The summed E-state index contributed by atoms with van der Waals surface area (Å²) in [5.74, 6) is 0.913. The van der Waals surface area contributed by atoms with Gasteiger partial charge in [0.1, 0.15) is 5.75 Å². The van der Waals surface area contributed by atoms with Gasteiger partial charge in [-0.05, 0) is 44.2 Å². The second-order valence-corrected chi connectivity index (χ2v) is 4.58. The lowest BCUT2D eigenvalue weighted by Gasteiger charge is -2.17. The van der Waals surface area contributed by atoms with Crippen molar-refractivity contribution in [3.05, 3.63) is 47.8 Å². The third-order valence-corrected chi connectivity index (χ3v) is 3.07. The maximum absolute atomic E-state index is 5.46. The van der Waals surface area contributed by atoms with Crippen molar-refractivity contribution in [3.8, 4) is 5.75 Å². The Morgan fingerprint density at radius 1 is 1.32 bits per heavy atom. The number of aromatic nitrogens is 2. The molecule has 0 fully saturated rings. The Bertz CT molecular complexity index is 504. The van der Waals surface area contributed by atoms with Crippen molar-refractivity contribution < 1.29 is 4.74 Å². The number of likely N-dealkylation sites (N-methyl/N-ethyl adjacent to an activating group) is 1. The summed E-state index contributed by atoms with van der Waals surface area (Å²) >= 11 is 0. The predicted octanol–water partition coefficient (Wildman–Crippen LogP) is 2.55. The summed E-state index contributed by atoms with van der Waals surface area (Å²) in [5, 5.41) is 7.65. The van der Waals surface area contributed by atoms with E-state index in [0.717, 1.165) is 12.3 Å². The highest BCUT2D eigenvalue weighted by molar-refractivity contribution is 5.29. The molecule has 0 amide bonds. The first kappa shape index (κ1) is 13.6. The minimum Gasteiger partial charge on any atom is -0.494 e. The van der Waals surface area contributed by atoms with Gasteiger partial charge in [-0.2, -0.15) is 5.10 Å². The van der Waals surface area contributed by atoms with Crippen LogP contribution in [0.3, 0.4) is 0 Å². The van der Waals surface area contributed by atoms with Gasteiger partial charge in [0, 0.05) is 6.20 Å². The van der Waals surface area contributed by atoms with Gasteiger partial charge in [-0.3, -0.25) is 4.68 Å². The van der Waals surface area contributed by atoms with Crippen LogP contribution in [0.5, 0.6) is 5.75 Å². The van der Waals surface area contributed by atoms with Gasteiger partial charge in [-0.25, -0.2) is 0 Å². The molecular weight excluding hydrogens is 238 g/mol. The average molecular weight is 259 g/mol. The van der Waals surface area contributed by atoms with E-state index in [2.05, 4.69) is 35.7 Å². The van der Waals surface area contributed by atoms with E-state index in [4.69, 9.17) is 4.74 Å². The number of aryl methyl sites for hydroxylation is 1. The van der Waals surface area contributed by atoms with Crippen LogP contribution in [-0.4, -0.2) is 23.4 Å². The molecule has 1 unspecified atom stereocenters. The van der Waals surface area contributed by atoms with Crippen molar-refractivity contribution in [2.24, 2.45) is 0 Å². The average Bonchev–Trinajstić information content (AvgIpc) is 2.83. The monoisotopic (exact) mass is 259 g/mol. The normalized spacial score (nSPS) is 12.4. The molecule has 102 valence electrons. The van der Waals surface area contributed by atoms with Crippen LogP contribution in [0.15, 0.2) is 36.7 Å². The van der Waals surface area contributed by atoms with Crippen molar-refractivity contribution >= 4 is 0 Å². The third kappa shape index (κ3) is 3.58. The van der Waals surface area contributed by atoms with E-state index in [9.17, 15) is 0 Å². The molecule has 0 aliphatic rings. The van der Waals surface area contributed by atoms with E-state index in [1.807, 2.05) is 37.0 Å². The summed E-state index contributed by atoms with van der Waals surface area (Å²) in [6.45, 7) is 5.55. The van der Waals surface area contributed by atoms with E-state index in [0.29, 0.717) is 6.61 Å². The lowest BCUT2D eigenvalue weighted by atomic mass is 10.1. The molecular formula is C15H21N3O. The number of ether oxygens (including phenoxy) is 1. The van der Waals surface area contributed by atoms with Crippen molar-refractivity contribution in [2.75, 3.05) is 13.7 Å². The predicted molar refractivity (Wildman–Crippen MR) is 76.4 cm³/mol. The molecule has 1 aromatic carbocycles. The fourth-order valence-electron chi connectivity index (χ4n) is 2.08. The van der Waals surface area contributed by atoms with E-state index in [1.165, 1.54) is 11.1 Å². The summed E-state index contributed by atoms with van der Waals surface area (Å²) in [5.41, 5.74) is 2.42. The van der Waals surface area contributed by atoms with E-state index >= 15 is 0 Å². The third-order valence-electron chi connectivity index (χ3n) is 3.07. The lowest BCUT2D eigenvalue weighted by molar-refractivity contribution is 0.340. The van der Waals surface area contributed by atoms with Crippen LogP contribution in [-0.2, 0) is 6.54 Å². The highest BCUT2D eigenvalue weighted by atomic mass is 16.5. The second-order valence-electron chi connectivity index (χ2n) is 4.58. The molecule has 1 aromatic heterocycles. The fourth-order valence-corrected chi connectivity index (χ4v) is 2.08. The molecule has 0 saturated heterocycles. The van der Waals surface area contributed by atoms with Crippen LogP contribution in [0.1, 0.15) is 24.1 Å². The summed E-state index contributed by atoms with van der Waals surface area (Å²) < 4.78 is 7.42. The van der Waals surface area contributed by atoms with Crippen LogP contribution >= 0.6 is 0 Å². The minimum atomic E-state index is 0.245. The number of benzene rings is 1. The molecule has 1 atom stereocenters. The lowest BCUT2D eigenvalue weighted by Crippen LogP contribution is -2.22. The number of nitrogens with one attached hydrogen (secondary N) is 1. The van der Waals surface area contributed by atoms with Crippen molar-refractivity contribution in [3.63, 3.8) is 0 Å². The molecule has 0 spiro atoms. The van der Waals surface area contributed by atoms with Crippen LogP contribution in [0.4, 0.5) is 0 Å². The number of rotatable bonds is 6. The van der Waals surface area contributed by atoms with Gasteiger partial charge >= 0.3 is 0 Å². The first-order valence-corrected chi connectivity index (χ1v) is 6.62. The molecule has 2 aromatic rings. The van der Waals surface area contributed by atoms with Gasteiger partial charge in [-0.15, -0.1) is 0 Å². The summed E-state index contributed by atoms with van der Waals surface area (Å²) in [4.78, 5) is 0. The van der Waals surface area contributed by atoms with Crippen LogP contribution in [0.25, 0.3) is 0 Å². The van der Waals surface area contributed by atoms with Gasteiger partial charge in [0.25, 0.3) is 0 Å². The Balaban J connectivity index is 2.08. The smallest absolute Gasteiger partial charge is 0.119 e. The van der Waals surface area contributed by atoms with Crippen LogP contribution in [0, 0.1) is 6.92 Å². The fraction of sp³-hybridized carbons (Fsp3) is 0.400. The van der Waals surface area contributed by atoms with Crippen molar-refractivity contribution in [1.29, 1.82) is 0 Å². The van der Waals surface area contributed by atoms with Gasteiger partial charge in [-0.1, -0.05) is 12.1 Å². The first-order chi connectivity index (χ1) is 9.22. The van der Waals surface area contributed by atoms with Crippen molar-refractivity contribution in [1.82, 2.24) is 15.1 Å². The molecule has 0 radical (unpaired) electrons. The zero-order valence-electron chi connectivity index (χ0n) is 11.8. The van der Waals surface area contributed by atoms with Crippen LogP contribution < -0.4 is 10.1 Å². The molecule has 0 saturated carbocycles. The summed E-state index contributed by atoms with van der Waals surface area (Å²) in [6.07, 6.45) is 3.93. The molecule has 0 bridgehead atoms. The van der Waals surface area contributed by atoms with E-state index in [1.54, 1.807) is 0 Å². The van der Waals surface area contributed by atoms with Gasteiger partial charge in [0.15, 0.2) is 0 Å². The Hall–Kier alpha value is -1.81.